The predicted octanol–water partition coefficient (Wildman–Crippen LogP) is 2.89. The van der Waals surface area contributed by atoms with E-state index < -0.39 is 15.7 Å². The summed E-state index contributed by atoms with van der Waals surface area (Å²) in [5.74, 6) is -0.687. The van der Waals surface area contributed by atoms with Crippen LogP contribution >= 0.6 is 11.3 Å². The normalized spacial score (nSPS) is 11.9. The molecule has 0 unspecified atom stereocenters. The van der Waals surface area contributed by atoms with Crippen molar-refractivity contribution in [2.24, 2.45) is 0 Å². The first-order chi connectivity index (χ1) is 13.7. The van der Waals surface area contributed by atoms with Gasteiger partial charge in [-0.2, -0.15) is 5.26 Å². The SMILES string of the molecule is Cc1cc(C=C(C#N)C(=O)Nc2nnc(S(C)(=O)=O)s2)c(C)n1-c1ccccc1. The summed E-state index contributed by atoms with van der Waals surface area (Å²) in [6.07, 6.45) is 2.50. The molecule has 3 rings (SSSR count). The smallest absolute Gasteiger partial charge is 0.268 e. The zero-order valence-electron chi connectivity index (χ0n) is 15.9. The molecular weight excluding hydrogens is 410 g/mol. The Balaban J connectivity index is 1.90. The fourth-order valence-electron chi connectivity index (χ4n) is 2.79. The average molecular weight is 428 g/mol. The summed E-state index contributed by atoms with van der Waals surface area (Å²) < 4.78 is 24.8. The Hall–Kier alpha value is -3.29. The molecule has 148 valence electrons. The zero-order chi connectivity index (χ0) is 21.2. The predicted molar refractivity (Wildman–Crippen MR) is 110 cm³/mol. The highest BCUT2D eigenvalue weighted by molar-refractivity contribution is 7.92. The quantitative estimate of drug-likeness (QED) is 0.380. The van der Waals surface area contributed by atoms with E-state index >= 15 is 0 Å². The lowest BCUT2D eigenvalue weighted by Gasteiger charge is -2.09. The van der Waals surface area contributed by atoms with Gasteiger partial charge >= 0.3 is 0 Å². The van der Waals surface area contributed by atoms with E-state index in [9.17, 15) is 18.5 Å². The molecule has 0 aliphatic rings. The summed E-state index contributed by atoms with van der Waals surface area (Å²) in [4.78, 5) is 12.5. The monoisotopic (exact) mass is 427 g/mol. The number of aryl methyl sites for hydroxylation is 1. The molecule has 0 atom stereocenters. The second kappa shape index (κ2) is 7.98. The number of sulfone groups is 1. The van der Waals surface area contributed by atoms with Crippen LogP contribution in [0.3, 0.4) is 0 Å². The summed E-state index contributed by atoms with van der Waals surface area (Å²) in [5, 5.41) is 19.0. The number of hydrogen-bond donors (Lipinski definition) is 1. The molecule has 10 heteroatoms. The Morgan fingerprint density at radius 1 is 1.24 bits per heavy atom. The fraction of sp³-hybridized carbons (Fsp3) is 0.158. The highest BCUT2D eigenvalue weighted by Gasteiger charge is 2.18. The van der Waals surface area contributed by atoms with E-state index in [0.29, 0.717) is 0 Å². The van der Waals surface area contributed by atoms with Crippen LogP contribution in [0.1, 0.15) is 17.0 Å². The molecule has 0 radical (unpaired) electrons. The summed E-state index contributed by atoms with van der Waals surface area (Å²) in [7, 11) is -3.51. The molecule has 1 N–H and O–H groups in total. The van der Waals surface area contributed by atoms with Crippen LogP contribution in [-0.4, -0.2) is 35.3 Å². The molecule has 0 bridgehead atoms. The van der Waals surface area contributed by atoms with E-state index in [0.717, 1.165) is 40.2 Å². The number of nitriles is 1. The minimum Gasteiger partial charge on any atom is -0.318 e. The van der Waals surface area contributed by atoms with Gasteiger partial charge in [0.05, 0.1) is 0 Å². The van der Waals surface area contributed by atoms with Crippen LogP contribution in [0.2, 0.25) is 0 Å². The third-order valence-corrected chi connectivity index (χ3v) is 6.60. The first kappa shape index (κ1) is 20.4. The molecule has 0 saturated heterocycles. The first-order valence-corrected chi connectivity index (χ1v) is 11.1. The van der Waals surface area contributed by atoms with Gasteiger partial charge in [0.1, 0.15) is 11.6 Å². The largest absolute Gasteiger partial charge is 0.318 e. The van der Waals surface area contributed by atoms with Crippen molar-refractivity contribution in [1.29, 1.82) is 5.26 Å². The van der Waals surface area contributed by atoms with Crippen molar-refractivity contribution in [2.45, 2.75) is 18.2 Å². The zero-order valence-corrected chi connectivity index (χ0v) is 17.5. The molecule has 0 fully saturated rings. The molecule has 8 nitrogen and oxygen atoms in total. The minimum atomic E-state index is -3.51. The van der Waals surface area contributed by atoms with Crippen LogP contribution in [0.4, 0.5) is 5.13 Å². The van der Waals surface area contributed by atoms with Gasteiger partial charge in [0, 0.05) is 23.3 Å². The number of amides is 1. The Kier molecular flexibility index (Phi) is 5.63. The highest BCUT2D eigenvalue weighted by Crippen LogP contribution is 2.24. The number of para-hydroxylation sites is 1. The van der Waals surface area contributed by atoms with E-state index in [-0.39, 0.29) is 15.0 Å². The third-order valence-electron chi connectivity index (χ3n) is 4.09. The maximum Gasteiger partial charge on any atom is 0.268 e. The van der Waals surface area contributed by atoms with Gasteiger partial charge in [-0.15, -0.1) is 10.2 Å². The molecule has 0 aliphatic carbocycles. The maximum atomic E-state index is 12.5. The number of benzene rings is 1. The van der Waals surface area contributed by atoms with E-state index in [1.54, 1.807) is 0 Å². The minimum absolute atomic E-state index is 0.00586. The number of carbonyl (C=O) groups excluding carboxylic acids is 1. The van der Waals surface area contributed by atoms with Crippen LogP contribution in [0.15, 0.2) is 46.3 Å². The second-order valence-corrected chi connectivity index (χ2v) is 9.43. The fourth-order valence-corrected chi connectivity index (χ4v) is 4.29. The molecule has 29 heavy (non-hydrogen) atoms. The van der Waals surface area contributed by atoms with Crippen molar-refractivity contribution in [3.05, 3.63) is 58.9 Å². The van der Waals surface area contributed by atoms with Crippen LogP contribution in [0.25, 0.3) is 11.8 Å². The molecule has 1 aromatic carbocycles. The van der Waals surface area contributed by atoms with Crippen LogP contribution in [-0.2, 0) is 14.6 Å². The van der Waals surface area contributed by atoms with Crippen molar-refractivity contribution in [1.82, 2.24) is 14.8 Å². The molecule has 1 amide bonds. The molecule has 2 heterocycles. The van der Waals surface area contributed by atoms with Crippen LogP contribution < -0.4 is 5.32 Å². The van der Waals surface area contributed by atoms with Crippen molar-refractivity contribution in [2.75, 3.05) is 11.6 Å². The van der Waals surface area contributed by atoms with E-state index in [1.165, 1.54) is 6.08 Å². The third kappa shape index (κ3) is 4.42. The molecule has 0 spiro atoms. The molecule has 0 saturated carbocycles. The number of aromatic nitrogens is 3. The Morgan fingerprint density at radius 2 is 1.93 bits per heavy atom. The van der Waals surface area contributed by atoms with Gasteiger partial charge < -0.3 is 4.57 Å². The van der Waals surface area contributed by atoms with Crippen molar-refractivity contribution < 1.29 is 13.2 Å². The number of nitrogens with one attached hydrogen (secondary N) is 1. The average Bonchev–Trinajstić information content (AvgIpc) is 3.24. The Morgan fingerprint density at radius 3 is 2.52 bits per heavy atom. The highest BCUT2D eigenvalue weighted by atomic mass is 32.2. The van der Waals surface area contributed by atoms with Crippen LogP contribution in [0.5, 0.6) is 0 Å². The number of nitrogens with zero attached hydrogens (tertiary/aromatic N) is 4. The van der Waals surface area contributed by atoms with Gasteiger partial charge in [-0.1, -0.05) is 29.5 Å². The molecular formula is C19H17N5O3S2. The lowest BCUT2D eigenvalue weighted by Crippen LogP contribution is -2.13. The number of rotatable bonds is 5. The summed E-state index contributed by atoms with van der Waals surface area (Å²) in [6.45, 7) is 3.85. The molecule has 3 aromatic rings. The standard InChI is InChI=1S/C19H17N5O3S2/c1-12-9-14(13(2)24(12)16-7-5-4-6-8-16)10-15(11-20)17(25)21-18-22-23-19(28-18)29(3,26)27/h4-10H,1-3H3,(H,21,22,25). The van der Waals surface area contributed by atoms with E-state index in [2.05, 4.69) is 15.5 Å². The first-order valence-electron chi connectivity index (χ1n) is 8.42. The van der Waals surface area contributed by atoms with Gasteiger partial charge in [0.25, 0.3) is 5.91 Å². The van der Waals surface area contributed by atoms with Crippen molar-refractivity contribution in [3.63, 3.8) is 0 Å². The van der Waals surface area contributed by atoms with Crippen molar-refractivity contribution in [3.8, 4) is 11.8 Å². The second-order valence-electron chi connectivity index (χ2n) is 6.27. The van der Waals surface area contributed by atoms with E-state index in [1.807, 2.05) is 60.9 Å². The van der Waals surface area contributed by atoms with Gasteiger partial charge in [0.2, 0.25) is 19.3 Å². The van der Waals surface area contributed by atoms with E-state index in [4.69, 9.17) is 0 Å². The summed E-state index contributed by atoms with van der Waals surface area (Å²) >= 11 is 0.726. The van der Waals surface area contributed by atoms with Gasteiger partial charge in [-0.05, 0) is 43.7 Å². The van der Waals surface area contributed by atoms with Gasteiger partial charge in [-0.25, -0.2) is 8.42 Å². The number of hydrogen-bond acceptors (Lipinski definition) is 7. The van der Waals surface area contributed by atoms with Crippen LogP contribution in [0, 0.1) is 25.2 Å². The lowest BCUT2D eigenvalue weighted by atomic mass is 10.1. The van der Waals surface area contributed by atoms with Gasteiger partial charge in [0.15, 0.2) is 0 Å². The Labute approximate surface area is 172 Å². The van der Waals surface area contributed by atoms with Crippen molar-refractivity contribution >= 4 is 38.3 Å². The lowest BCUT2D eigenvalue weighted by molar-refractivity contribution is -0.112. The Bertz CT molecular complexity index is 1250. The topological polar surface area (TPSA) is 118 Å². The van der Waals surface area contributed by atoms with Gasteiger partial charge in [-0.3, -0.25) is 10.1 Å². The summed E-state index contributed by atoms with van der Waals surface area (Å²) in [5.41, 5.74) is 3.41. The summed E-state index contributed by atoms with van der Waals surface area (Å²) in [6, 6.07) is 13.5. The number of carbonyl (C=O) groups is 1. The maximum absolute atomic E-state index is 12.5. The number of anilines is 1. The molecule has 0 aliphatic heterocycles. The molecule has 2 aromatic heterocycles.